The predicted molar refractivity (Wildman–Crippen MR) is 95.1 cm³/mol. The number of carbonyl (C=O) groups is 1. The number of phenolic OH excluding ortho intramolecular Hbond substituents is 1. The maximum Gasteiger partial charge on any atom is 0.306 e. The van der Waals surface area contributed by atoms with Crippen molar-refractivity contribution in [1.29, 1.82) is 0 Å². The molecule has 134 valence electrons. The SMILES string of the molecule is COC(=O)C[C@@H](c1cc(Cl)c2c(c1)OCO2)c1c(O)ccc2nsnc12. The molecule has 1 aliphatic heterocycles. The first-order valence-electron chi connectivity index (χ1n) is 7.68. The average Bonchev–Trinajstić information content (AvgIpc) is 3.28. The van der Waals surface area contributed by atoms with Crippen molar-refractivity contribution in [3.05, 3.63) is 40.4 Å². The van der Waals surface area contributed by atoms with Crippen LogP contribution in [-0.2, 0) is 9.53 Å². The molecule has 0 radical (unpaired) electrons. The Balaban J connectivity index is 1.91. The molecule has 26 heavy (non-hydrogen) atoms. The fourth-order valence-corrected chi connectivity index (χ4v) is 3.85. The number of aromatic nitrogens is 2. The lowest BCUT2D eigenvalue weighted by Gasteiger charge is -2.19. The Bertz CT molecular complexity index is 1010. The minimum absolute atomic E-state index is 0.00330. The number of phenols is 1. The van der Waals surface area contributed by atoms with E-state index in [1.54, 1.807) is 18.2 Å². The molecule has 0 amide bonds. The third-order valence-electron chi connectivity index (χ3n) is 4.24. The summed E-state index contributed by atoms with van der Waals surface area (Å²) in [4.78, 5) is 12.0. The lowest BCUT2D eigenvalue weighted by Crippen LogP contribution is -2.11. The fraction of sp³-hybridized carbons (Fsp3) is 0.235. The van der Waals surface area contributed by atoms with Crippen molar-refractivity contribution >= 4 is 40.3 Å². The Hall–Kier alpha value is -2.58. The summed E-state index contributed by atoms with van der Waals surface area (Å²) in [5.41, 5.74) is 2.36. The molecule has 0 spiro atoms. The number of carbonyl (C=O) groups excluding carboxylic acids is 1. The van der Waals surface area contributed by atoms with Crippen molar-refractivity contribution in [2.45, 2.75) is 12.3 Å². The van der Waals surface area contributed by atoms with Crippen molar-refractivity contribution < 1.29 is 24.1 Å². The summed E-state index contributed by atoms with van der Waals surface area (Å²) in [6.45, 7) is 0.0804. The molecule has 0 unspecified atom stereocenters. The van der Waals surface area contributed by atoms with Gasteiger partial charge in [-0.1, -0.05) is 11.6 Å². The zero-order valence-corrected chi connectivity index (χ0v) is 15.1. The zero-order chi connectivity index (χ0) is 18.3. The molecule has 4 rings (SSSR count). The highest BCUT2D eigenvalue weighted by Crippen LogP contribution is 2.45. The molecule has 0 bridgehead atoms. The molecule has 2 aromatic carbocycles. The highest BCUT2D eigenvalue weighted by molar-refractivity contribution is 7.00. The number of hydrogen-bond acceptors (Lipinski definition) is 8. The van der Waals surface area contributed by atoms with Crippen LogP contribution in [0, 0.1) is 0 Å². The van der Waals surface area contributed by atoms with Crippen molar-refractivity contribution in [1.82, 2.24) is 8.75 Å². The molecule has 1 N–H and O–H groups in total. The van der Waals surface area contributed by atoms with Gasteiger partial charge in [0.2, 0.25) is 6.79 Å². The summed E-state index contributed by atoms with van der Waals surface area (Å²) >= 11 is 7.34. The number of aromatic hydroxyl groups is 1. The van der Waals surface area contributed by atoms with E-state index in [0.29, 0.717) is 38.7 Å². The third kappa shape index (κ3) is 2.81. The molecule has 7 nitrogen and oxygen atoms in total. The highest BCUT2D eigenvalue weighted by atomic mass is 35.5. The van der Waals surface area contributed by atoms with E-state index in [9.17, 15) is 9.90 Å². The van der Waals surface area contributed by atoms with Gasteiger partial charge in [0, 0.05) is 11.5 Å². The minimum atomic E-state index is -0.540. The van der Waals surface area contributed by atoms with Crippen LogP contribution in [0.1, 0.15) is 23.5 Å². The smallest absolute Gasteiger partial charge is 0.306 e. The van der Waals surface area contributed by atoms with E-state index in [-0.39, 0.29) is 19.0 Å². The van der Waals surface area contributed by atoms with E-state index >= 15 is 0 Å². The fourth-order valence-electron chi connectivity index (χ4n) is 3.03. The summed E-state index contributed by atoms with van der Waals surface area (Å²) in [6.07, 6.45) is -0.00330. The van der Waals surface area contributed by atoms with Crippen molar-refractivity contribution in [3.8, 4) is 17.2 Å². The van der Waals surface area contributed by atoms with Crippen LogP contribution in [0.25, 0.3) is 11.0 Å². The maximum atomic E-state index is 12.0. The molecule has 0 saturated heterocycles. The van der Waals surface area contributed by atoms with Crippen LogP contribution in [0.2, 0.25) is 5.02 Å². The van der Waals surface area contributed by atoms with Gasteiger partial charge in [-0.3, -0.25) is 4.79 Å². The number of rotatable bonds is 4. The van der Waals surface area contributed by atoms with E-state index in [2.05, 4.69) is 8.75 Å². The van der Waals surface area contributed by atoms with Gasteiger partial charge in [0.05, 0.1) is 30.3 Å². The van der Waals surface area contributed by atoms with Crippen molar-refractivity contribution in [3.63, 3.8) is 0 Å². The Morgan fingerprint density at radius 3 is 3.04 bits per heavy atom. The molecular formula is C17H13ClN2O5S. The number of methoxy groups -OCH3 is 1. The number of benzene rings is 2. The molecule has 1 aromatic heterocycles. The summed E-state index contributed by atoms with van der Waals surface area (Å²) < 4.78 is 24.1. The van der Waals surface area contributed by atoms with Crippen LogP contribution < -0.4 is 9.47 Å². The molecule has 2 heterocycles. The third-order valence-corrected chi connectivity index (χ3v) is 5.07. The topological polar surface area (TPSA) is 90.8 Å². The number of ether oxygens (including phenoxy) is 3. The van der Waals surface area contributed by atoms with E-state index < -0.39 is 11.9 Å². The maximum absolute atomic E-state index is 12.0. The van der Waals surface area contributed by atoms with Gasteiger partial charge in [0.15, 0.2) is 11.5 Å². The lowest BCUT2D eigenvalue weighted by molar-refractivity contribution is -0.140. The van der Waals surface area contributed by atoms with Crippen LogP contribution in [-0.4, -0.2) is 33.7 Å². The summed E-state index contributed by atoms with van der Waals surface area (Å²) in [6, 6.07) is 6.66. The summed E-state index contributed by atoms with van der Waals surface area (Å²) in [5.74, 6) is 0.00810. The Morgan fingerprint density at radius 2 is 2.23 bits per heavy atom. The van der Waals surface area contributed by atoms with E-state index in [1.807, 2.05) is 0 Å². The van der Waals surface area contributed by atoms with Gasteiger partial charge < -0.3 is 19.3 Å². The molecule has 0 fully saturated rings. The van der Waals surface area contributed by atoms with Crippen molar-refractivity contribution in [2.24, 2.45) is 0 Å². The normalized spacial score (nSPS) is 13.8. The van der Waals surface area contributed by atoms with Gasteiger partial charge in [-0.25, -0.2) is 0 Å². The number of halogens is 1. The number of hydrogen-bond donors (Lipinski definition) is 1. The molecule has 1 aliphatic rings. The van der Waals surface area contributed by atoms with Gasteiger partial charge >= 0.3 is 5.97 Å². The number of nitrogens with zero attached hydrogens (tertiary/aromatic N) is 2. The molecule has 9 heteroatoms. The van der Waals surface area contributed by atoms with Crippen molar-refractivity contribution in [2.75, 3.05) is 13.9 Å². The highest BCUT2D eigenvalue weighted by Gasteiger charge is 2.28. The van der Waals surface area contributed by atoms with Crippen LogP contribution in [0.5, 0.6) is 17.2 Å². The van der Waals surface area contributed by atoms with Crippen LogP contribution in [0.4, 0.5) is 0 Å². The van der Waals surface area contributed by atoms with Gasteiger partial charge in [-0.05, 0) is 29.8 Å². The van der Waals surface area contributed by atoms with E-state index in [1.165, 1.54) is 13.2 Å². The summed E-state index contributed by atoms with van der Waals surface area (Å²) in [7, 11) is 1.32. The second-order valence-corrected chi connectivity index (χ2v) is 6.64. The zero-order valence-electron chi connectivity index (χ0n) is 13.6. The first-order chi connectivity index (χ1) is 12.6. The molecular weight excluding hydrogens is 380 g/mol. The van der Waals surface area contributed by atoms with Gasteiger partial charge in [-0.2, -0.15) is 8.75 Å². The summed E-state index contributed by atoms with van der Waals surface area (Å²) in [5, 5.41) is 10.9. The monoisotopic (exact) mass is 392 g/mol. The second-order valence-electron chi connectivity index (χ2n) is 5.70. The molecule has 0 aliphatic carbocycles. The van der Waals surface area contributed by atoms with Gasteiger partial charge in [0.1, 0.15) is 16.8 Å². The molecule has 0 saturated carbocycles. The van der Waals surface area contributed by atoms with Gasteiger partial charge in [-0.15, -0.1) is 0 Å². The lowest BCUT2D eigenvalue weighted by atomic mass is 9.86. The minimum Gasteiger partial charge on any atom is -0.508 e. The standard InChI is InChI=1S/C17H13ClN2O5S/c1-23-14(22)6-9(8-4-10(18)17-13(5-8)24-7-25-17)15-12(21)3-2-11-16(15)20-26-19-11/h2-5,9,21H,6-7H2,1H3/t9-/m0/s1. The first-order valence-corrected chi connectivity index (χ1v) is 8.79. The van der Waals surface area contributed by atoms with Crippen LogP contribution in [0.3, 0.4) is 0 Å². The molecule has 1 atom stereocenters. The largest absolute Gasteiger partial charge is 0.508 e. The first kappa shape index (κ1) is 16.9. The quantitative estimate of drug-likeness (QED) is 0.679. The Labute approximate surface area is 157 Å². The predicted octanol–water partition coefficient (Wildman–Crippen LogP) is 3.47. The van der Waals surface area contributed by atoms with Crippen LogP contribution in [0.15, 0.2) is 24.3 Å². The van der Waals surface area contributed by atoms with Crippen LogP contribution >= 0.6 is 23.3 Å². The second kappa shape index (κ2) is 6.62. The Kier molecular flexibility index (Phi) is 4.29. The van der Waals surface area contributed by atoms with E-state index in [4.69, 9.17) is 25.8 Å². The average molecular weight is 393 g/mol. The Morgan fingerprint density at radius 1 is 1.38 bits per heavy atom. The van der Waals surface area contributed by atoms with Gasteiger partial charge in [0.25, 0.3) is 0 Å². The van der Waals surface area contributed by atoms with E-state index in [0.717, 1.165) is 11.7 Å². The number of esters is 1. The molecule has 3 aromatic rings. The number of fused-ring (bicyclic) bond motifs is 2.